The highest BCUT2D eigenvalue weighted by Crippen LogP contribution is 2.33. The maximum absolute atomic E-state index is 11.9. The third kappa shape index (κ3) is 1.98. The molecule has 0 saturated heterocycles. The van der Waals surface area contributed by atoms with Crippen molar-refractivity contribution in [2.45, 2.75) is 26.8 Å². The van der Waals surface area contributed by atoms with Gasteiger partial charge in [0.25, 0.3) is 5.91 Å². The average molecular weight is 253 g/mol. The number of nitrogens with one attached hydrogen (secondary N) is 1. The lowest BCUT2D eigenvalue weighted by Crippen LogP contribution is -2.41. The molecule has 1 aliphatic heterocycles. The van der Waals surface area contributed by atoms with Gasteiger partial charge in [-0.05, 0) is 32.4 Å². The Morgan fingerprint density at radius 3 is 2.82 bits per heavy atom. The van der Waals surface area contributed by atoms with E-state index in [1.165, 1.54) is 6.20 Å². The van der Waals surface area contributed by atoms with Gasteiger partial charge in [-0.2, -0.15) is 4.98 Å². The first kappa shape index (κ1) is 11.9. The molecule has 2 rings (SSSR count). The van der Waals surface area contributed by atoms with E-state index in [2.05, 4.69) is 15.3 Å². The van der Waals surface area contributed by atoms with Crippen LogP contribution in [0.2, 0.25) is 5.28 Å². The van der Waals surface area contributed by atoms with Crippen molar-refractivity contribution in [1.29, 1.82) is 0 Å². The second-order valence-electron chi connectivity index (χ2n) is 3.97. The highest BCUT2D eigenvalue weighted by Gasteiger charge is 2.30. The molecule has 0 bridgehead atoms. The van der Waals surface area contributed by atoms with Crippen LogP contribution in [-0.2, 0) is 4.79 Å². The van der Waals surface area contributed by atoms with Gasteiger partial charge in [0.1, 0.15) is 11.4 Å². The molecule has 0 radical (unpaired) electrons. The molecule has 1 amide bonds. The maximum atomic E-state index is 11.9. The zero-order chi connectivity index (χ0) is 12.6. The van der Waals surface area contributed by atoms with Gasteiger partial charge in [-0.3, -0.25) is 4.79 Å². The number of halogens is 1. The van der Waals surface area contributed by atoms with Crippen LogP contribution in [0.25, 0.3) is 0 Å². The fraction of sp³-hybridized carbons (Fsp3) is 0.364. The maximum Gasteiger partial charge on any atom is 0.272 e. The molecule has 0 fully saturated rings. The van der Waals surface area contributed by atoms with Gasteiger partial charge in [0.15, 0.2) is 5.82 Å². The van der Waals surface area contributed by atoms with Crippen molar-refractivity contribution in [2.75, 3.05) is 10.2 Å². The van der Waals surface area contributed by atoms with Crippen molar-refractivity contribution in [3.8, 4) is 0 Å². The molecule has 5 nitrogen and oxygen atoms in total. The molecule has 90 valence electrons. The fourth-order valence-electron chi connectivity index (χ4n) is 1.83. The molecule has 1 aromatic rings. The van der Waals surface area contributed by atoms with E-state index in [-0.39, 0.29) is 17.2 Å². The van der Waals surface area contributed by atoms with Crippen LogP contribution in [0.1, 0.15) is 20.8 Å². The van der Waals surface area contributed by atoms with Gasteiger partial charge in [-0.1, -0.05) is 6.08 Å². The monoisotopic (exact) mass is 252 g/mol. The SMILES string of the molecule is C/C=C1\C(=O)Nc2cnc(Cl)nc2N1C(C)C. The number of fused-ring (bicyclic) bond motifs is 1. The van der Waals surface area contributed by atoms with Crippen LogP contribution in [0, 0.1) is 0 Å². The molecule has 1 N–H and O–H groups in total. The Labute approximate surface area is 105 Å². The number of hydrogen-bond acceptors (Lipinski definition) is 4. The summed E-state index contributed by atoms with van der Waals surface area (Å²) in [5, 5.41) is 2.91. The molecule has 6 heteroatoms. The Hall–Kier alpha value is -1.62. The van der Waals surface area contributed by atoms with Gasteiger partial charge in [0.2, 0.25) is 5.28 Å². The minimum absolute atomic E-state index is 0.108. The quantitative estimate of drug-likeness (QED) is 0.615. The molecular weight excluding hydrogens is 240 g/mol. The van der Waals surface area contributed by atoms with Crippen molar-refractivity contribution < 1.29 is 4.79 Å². The van der Waals surface area contributed by atoms with Crippen LogP contribution in [0.5, 0.6) is 0 Å². The molecule has 0 unspecified atom stereocenters. The molecule has 0 atom stereocenters. The molecule has 1 aromatic heterocycles. The summed E-state index contributed by atoms with van der Waals surface area (Å²) in [7, 11) is 0. The van der Waals surface area contributed by atoms with Gasteiger partial charge < -0.3 is 10.2 Å². The van der Waals surface area contributed by atoms with Crippen LogP contribution in [0.4, 0.5) is 11.5 Å². The van der Waals surface area contributed by atoms with Crippen LogP contribution in [0.15, 0.2) is 18.0 Å². The molecular formula is C11H13ClN4O. The molecule has 17 heavy (non-hydrogen) atoms. The van der Waals surface area contributed by atoms with Gasteiger partial charge in [-0.25, -0.2) is 4.98 Å². The Morgan fingerprint density at radius 2 is 2.24 bits per heavy atom. The van der Waals surface area contributed by atoms with Crippen molar-refractivity contribution in [3.63, 3.8) is 0 Å². The van der Waals surface area contributed by atoms with E-state index in [9.17, 15) is 4.79 Å². The molecule has 2 heterocycles. The number of amides is 1. The molecule has 0 aromatic carbocycles. The summed E-state index contributed by atoms with van der Waals surface area (Å²) in [6, 6.07) is 0.108. The topological polar surface area (TPSA) is 58.1 Å². The van der Waals surface area contributed by atoms with Crippen molar-refractivity contribution in [3.05, 3.63) is 23.3 Å². The zero-order valence-electron chi connectivity index (χ0n) is 9.86. The third-order valence-corrected chi connectivity index (χ3v) is 2.68. The summed E-state index contributed by atoms with van der Waals surface area (Å²) in [6.07, 6.45) is 3.28. The minimum Gasteiger partial charge on any atom is -0.318 e. The number of carbonyl (C=O) groups is 1. The van der Waals surface area contributed by atoms with Gasteiger partial charge >= 0.3 is 0 Å². The van der Waals surface area contributed by atoms with E-state index < -0.39 is 0 Å². The third-order valence-electron chi connectivity index (χ3n) is 2.50. The predicted octanol–water partition coefficient (Wildman–Crippen LogP) is 2.20. The number of rotatable bonds is 1. The van der Waals surface area contributed by atoms with E-state index in [0.29, 0.717) is 17.2 Å². The summed E-state index contributed by atoms with van der Waals surface area (Å²) in [6.45, 7) is 5.79. The van der Waals surface area contributed by atoms with E-state index >= 15 is 0 Å². The first-order valence-electron chi connectivity index (χ1n) is 5.34. The van der Waals surface area contributed by atoms with Crippen LogP contribution >= 0.6 is 11.6 Å². The normalized spacial score (nSPS) is 17.4. The van der Waals surface area contributed by atoms with Gasteiger partial charge in [0.05, 0.1) is 6.20 Å². The number of hydrogen-bond donors (Lipinski definition) is 1. The average Bonchev–Trinajstić information content (AvgIpc) is 2.27. The summed E-state index contributed by atoms with van der Waals surface area (Å²) in [5.41, 5.74) is 1.15. The fourth-order valence-corrected chi connectivity index (χ4v) is 1.96. The Bertz CT molecular complexity index is 498. The van der Waals surface area contributed by atoms with Crippen LogP contribution < -0.4 is 10.2 Å². The molecule has 0 spiro atoms. The highest BCUT2D eigenvalue weighted by molar-refractivity contribution is 6.28. The van der Waals surface area contributed by atoms with Crippen molar-refractivity contribution in [1.82, 2.24) is 9.97 Å². The second-order valence-corrected chi connectivity index (χ2v) is 4.31. The molecule has 1 aliphatic rings. The largest absolute Gasteiger partial charge is 0.318 e. The van der Waals surface area contributed by atoms with Crippen LogP contribution in [-0.4, -0.2) is 21.9 Å². The van der Waals surface area contributed by atoms with Gasteiger partial charge in [-0.15, -0.1) is 0 Å². The molecule has 0 saturated carbocycles. The summed E-state index contributed by atoms with van der Waals surface area (Å²) < 4.78 is 0. The lowest BCUT2D eigenvalue weighted by molar-refractivity contribution is -0.113. The molecule has 0 aliphatic carbocycles. The van der Waals surface area contributed by atoms with E-state index in [0.717, 1.165) is 0 Å². The Balaban J connectivity index is 2.61. The first-order chi connectivity index (χ1) is 8.04. The standard InChI is InChI=1S/C11H13ClN4O/c1-4-8-10(17)14-7-5-13-11(12)15-9(7)16(8)6(2)3/h4-6H,1-3H3,(H,14,17)/b8-4+. The smallest absolute Gasteiger partial charge is 0.272 e. The minimum atomic E-state index is -0.153. The highest BCUT2D eigenvalue weighted by atomic mass is 35.5. The lowest BCUT2D eigenvalue weighted by Gasteiger charge is -2.34. The number of nitrogens with zero attached hydrogens (tertiary/aromatic N) is 3. The van der Waals surface area contributed by atoms with Crippen molar-refractivity contribution in [2.24, 2.45) is 0 Å². The predicted molar refractivity (Wildman–Crippen MR) is 67.0 cm³/mol. The zero-order valence-corrected chi connectivity index (χ0v) is 10.6. The lowest BCUT2D eigenvalue weighted by atomic mass is 10.2. The number of allylic oxidation sites excluding steroid dienone is 1. The summed E-state index contributed by atoms with van der Waals surface area (Å²) in [4.78, 5) is 21.8. The van der Waals surface area contributed by atoms with Crippen molar-refractivity contribution >= 4 is 29.0 Å². The second kappa shape index (κ2) is 4.33. The van der Waals surface area contributed by atoms with E-state index in [4.69, 9.17) is 11.6 Å². The summed E-state index contributed by atoms with van der Waals surface area (Å²) >= 11 is 5.79. The number of aromatic nitrogens is 2. The van der Waals surface area contributed by atoms with Gasteiger partial charge in [0, 0.05) is 6.04 Å². The number of anilines is 2. The summed E-state index contributed by atoms with van der Waals surface area (Å²) in [5.74, 6) is 0.479. The van der Waals surface area contributed by atoms with E-state index in [1.807, 2.05) is 25.7 Å². The Morgan fingerprint density at radius 1 is 1.53 bits per heavy atom. The van der Waals surface area contributed by atoms with Crippen LogP contribution in [0.3, 0.4) is 0 Å². The van der Waals surface area contributed by atoms with E-state index in [1.54, 1.807) is 6.08 Å². The Kier molecular flexibility index (Phi) is 3.02. The number of carbonyl (C=O) groups excluding carboxylic acids is 1. The first-order valence-corrected chi connectivity index (χ1v) is 5.71.